The topological polar surface area (TPSA) is 64.1 Å². The van der Waals surface area contributed by atoms with Crippen molar-refractivity contribution in [3.8, 4) is 5.75 Å². The number of carbonyl (C=O) groups is 1. The predicted molar refractivity (Wildman–Crippen MR) is 102 cm³/mol. The Kier molecular flexibility index (Phi) is 6.91. The van der Waals surface area contributed by atoms with E-state index in [1.54, 1.807) is 18.2 Å². The Morgan fingerprint density at radius 2 is 1.80 bits per heavy atom. The van der Waals surface area contributed by atoms with Crippen molar-refractivity contribution in [2.45, 2.75) is 13.3 Å². The summed E-state index contributed by atoms with van der Waals surface area (Å²) in [5, 5.41) is 12.3. The van der Waals surface area contributed by atoms with Crippen molar-refractivity contribution in [2.24, 2.45) is 0 Å². The zero-order valence-electron chi connectivity index (χ0n) is 13.6. The highest BCUT2D eigenvalue weighted by atomic mass is 35.5. The second kappa shape index (κ2) is 9.15. The minimum Gasteiger partial charge on any atom is -0.493 e. The Hall–Kier alpha value is -2.44. The molecule has 0 spiro atoms. The van der Waals surface area contributed by atoms with Crippen LogP contribution in [0.15, 0.2) is 54.6 Å². The Morgan fingerprint density at radius 3 is 2.56 bits per heavy atom. The lowest BCUT2D eigenvalue weighted by molar-refractivity contribution is 0.102. The lowest BCUT2D eigenvalue weighted by Crippen LogP contribution is -2.13. The number of halogens is 1. The standard InChI is InChI=1S/C18H17N3O2S.ClH/c1-2-23-15-11-7-6-10-14(15)17(22)19-18-21-20-16(24-18)12-13-8-4-3-5-9-13;/h3-11H,2,12H2,1H3,(H,19,21,22);1H. The van der Waals surface area contributed by atoms with Gasteiger partial charge in [-0.05, 0) is 24.6 Å². The second-order valence-electron chi connectivity index (χ2n) is 5.05. The number of hydrogen-bond acceptors (Lipinski definition) is 5. The summed E-state index contributed by atoms with van der Waals surface area (Å²) in [4.78, 5) is 12.4. The van der Waals surface area contributed by atoms with Gasteiger partial charge in [-0.1, -0.05) is 53.8 Å². The van der Waals surface area contributed by atoms with Gasteiger partial charge in [0.2, 0.25) is 5.13 Å². The third-order valence-corrected chi connectivity index (χ3v) is 4.16. The van der Waals surface area contributed by atoms with Gasteiger partial charge in [-0.3, -0.25) is 10.1 Å². The van der Waals surface area contributed by atoms with Crippen LogP contribution in [0.4, 0.5) is 5.13 Å². The highest BCUT2D eigenvalue weighted by Gasteiger charge is 2.14. The molecule has 1 heterocycles. The molecule has 0 atom stereocenters. The van der Waals surface area contributed by atoms with E-state index < -0.39 is 0 Å². The van der Waals surface area contributed by atoms with Crippen LogP contribution in [0.2, 0.25) is 0 Å². The second-order valence-corrected chi connectivity index (χ2v) is 6.11. The van der Waals surface area contributed by atoms with Crippen molar-refractivity contribution in [2.75, 3.05) is 11.9 Å². The molecule has 130 valence electrons. The SMILES string of the molecule is CCOc1ccccc1C(=O)Nc1nnc(Cc2ccccc2)s1.Cl. The van der Waals surface area contributed by atoms with E-state index in [0.717, 1.165) is 10.6 Å². The van der Waals surface area contributed by atoms with Crippen LogP contribution in [0.25, 0.3) is 0 Å². The van der Waals surface area contributed by atoms with Gasteiger partial charge in [-0.2, -0.15) is 0 Å². The van der Waals surface area contributed by atoms with E-state index in [1.807, 2.05) is 43.3 Å². The molecule has 0 aliphatic rings. The Bertz CT molecular complexity index is 824. The lowest BCUT2D eigenvalue weighted by Gasteiger charge is -2.08. The third kappa shape index (κ3) is 5.01. The number of hydrogen-bond donors (Lipinski definition) is 1. The van der Waals surface area contributed by atoms with Gasteiger partial charge in [0.15, 0.2) is 0 Å². The maximum atomic E-state index is 12.4. The molecule has 1 amide bonds. The van der Waals surface area contributed by atoms with Gasteiger partial charge in [0.05, 0.1) is 12.2 Å². The summed E-state index contributed by atoms with van der Waals surface area (Å²) in [7, 11) is 0. The summed E-state index contributed by atoms with van der Waals surface area (Å²) in [6.07, 6.45) is 0.698. The van der Waals surface area contributed by atoms with E-state index in [0.29, 0.717) is 29.5 Å². The number of anilines is 1. The molecule has 0 saturated carbocycles. The van der Waals surface area contributed by atoms with Crippen LogP contribution >= 0.6 is 23.7 Å². The molecular formula is C18H18ClN3O2S. The zero-order chi connectivity index (χ0) is 16.8. The first kappa shape index (κ1) is 18.9. The van der Waals surface area contributed by atoms with Gasteiger partial charge >= 0.3 is 0 Å². The molecule has 0 radical (unpaired) electrons. The van der Waals surface area contributed by atoms with Crippen LogP contribution in [0.5, 0.6) is 5.75 Å². The summed E-state index contributed by atoms with van der Waals surface area (Å²) in [6.45, 7) is 2.39. The van der Waals surface area contributed by atoms with Crippen molar-refractivity contribution in [3.63, 3.8) is 0 Å². The quantitative estimate of drug-likeness (QED) is 0.701. The molecular weight excluding hydrogens is 358 g/mol. The fourth-order valence-electron chi connectivity index (χ4n) is 2.25. The minimum absolute atomic E-state index is 0. The molecule has 3 rings (SSSR count). The van der Waals surface area contributed by atoms with Crippen LogP contribution in [0.1, 0.15) is 27.9 Å². The van der Waals surface area contributed by atoms with Crippen molar-refractivity contribution in [3.05, 3.63) is 70.7 Å². The first-order valence-corrected chi connectivity index (χ1v) is 8.47. The van der Waals surface area contributed by atoms with Crippen molar-refractivity contribution >= 4 is 34.8 Å². The maximum Gasteiger partial charge on any atom is 0.261 e. The molecule has 0 unspecified atom stereocenters. The molecule has 0 fully saturated rings. The van der Waals surface area contributed by atoms with Crippen LogP contribution < -0.4 is 10.1 Å². The Balaban J connectivity index is 0.00000225. The molecule has 0 aliphatic heterocycles. The fourth-order valence-corrected chi connectivity index (χ4v) is 3.02. The lowest BCUT2D eigenvalue weighted by atomic mass is 10.2. The van der Waals surface area contributed by atoms with Crippen LogP contribution in [0, 0.1) is 0 Å². The largest absolute Gasteiger partial charge is 0.493 e. The normalized spacial score (nSPS) is 9.96. The summed E-state index contributed by atoms with van der Waals surface area (Å²) in [6, 6.07) is 17.2. The van der Waals surface area contributed by atoms with Gasteiger partial charge in [0.25, 0.3) is 5.91 Å². The molecule has 3 aromatic rings. The van der Waals surface area contributed by atoms with Crippen LogP contribution in [-0.2, 0) is 6.42 Å². The van der Waals surface area contributed by atoms with Gasteiger partial charge in [0.1, 0.15) is 10.8 Å². The van der Waals surface area contributed by atoms with E-state index in [1.165, 1.54) is 11.3 Å². The summed E-state index contributed by atoms with van der Waals surface area (Å²) in [5.41, 5.74) is 1.65. The number of para-hydroxylation sites is 1. The van der Waals surface area contributed by atoms with E-state index in [-0.39, 0.29) is 18.3 Å². The van der Waals surface area contributed by atoms with E-state index in [9.17, 15) is 4.79 Å². The highest BCUT2D eigenvalue weighted by Crippen LogP contribution is 2.22. The van der Waals surface area contributed by atoms with Crippen molar-refractivity contribution < 1.29 is 9.53 Å². The monoisotopic (exact) mass is 375 g/mol. The summed E-state index contributed by atoms with van der Waals surface area (Å²) >= 11 is 1.37. The molecule has 1 aromatic heterocycles. The van der Waals surface area contributed by atoms with Gasteiger partial charge in [-0.15, -0.1) is 22.6 Å². The average Bonchev–Trinajstić information content (AvgIpc) is 3.03. The van der Waals surface area contributed by atoms with Crippen molar-refractivity contribution in [1.29, 1.82) is 0 Å². The molecule has 7 heteroatoms. The average molecular weight is 376 g/mol. The molecule has 25 heavy (non-hydrogen) atoms. The van der Waals surface area contributed by atoms with E-state index in [4.69, 9.17) is 4.74 Å². The predicted octanol–water partition coefficient (Wildman–Crippen LogP) is 4.20. The number of nitrogens with zero attached hydrogens (tertiary/aromatic N) is 2. The van der Waals surface area contributed by atoms with Gasteiger partial charge in [-0.25, -0.2) is 0 Å². The number of benzene rings is 2. The number of ether oxygens (including phenoxy) is 1. The molecule has 0 aliphatic carbocycles. The smallest absolute Gasteiger partial charge is 0.261 e. The Morgan fingerprint density at radius 1 is 1.08 bits per heavy atom. The fraction of sp³-hybridized carbons (Fsp3) is 0.167. The first-order valence-electron chi connectivity index (χ1n) is 7.65. The van der Waals surface area contributed by atoms with Crippen molar-refractivity contribution in [1.82, 2.24) is 10.2 Å². The van der Waals surface area contributed by atoms with Crippen LogP contribution in [0.3, 0.4) is 0 Å². The zero-order valence-corrected chi connectivity index (χ0v) is 15.3. The maximum absolute atomic E-state index is 12.4. The summed E-state index contributed by atoms with van der Waals surface area (Å²) < 4.78 is 5.49. The number of rotatable bonds is 6. The molecule has 5 nitrogen and oxygen atoms in total. The van der Waals surface area contributed by atoms with E-state index >= 15 is 0 Å². The molecule has 2 aromatic carbocycles. The van der Waals surface area contributed by atoms with Crippen LogP contribution in [-0.4, -0.2) is 22.7 Å². The minimum atomic E-state index is -0.249. The third-order valence-electron chi connectivity index (χ3n) is 3.32. The molecule has 0 saturated heterocycles. The molecule has 1 N–H and O–H groups in total. The number of amides is 1. The first-order chi connectivity index (χ1) is 11.8. The highest BCUT2D eigenvalue weighted by molar-refractivity contribution is 7.15. The Labute approximate surface area is 156 Å². The van der Waals surface area contributed by atoms with Gasteiger partial charge in [0, 0.05) is 6.42 Å². The van der Waals surface area contributed by atoms with E-state index in [2.05, 4.69) is 15.5 Å². The number of aromatic nitrogens is 2. The summed E-state index contributed by atoms with van der Waals surface area (Å²) in [5.74, 6) is 0.313. The molecule has 0 bridgehead atoms. The van der Waals surface area contributed by atoms with Gasteiger partial charge < -0.3 is 4.74 Å². The number of nitrogens with one attached hydrogen (secondary N) is 1. The number of carbonyl (C=O) groups excluding carboxylic acids is 1.